The average Bonchev–Trinajstić information content (AvgIpc) is 2.99. The van der Waals surface area contributed by atoms with Crippen LogP contribution in [0, 0.1) is 0 Å². The number of nitrogens with two attached hydrogens (primary N) is 1. The number of imidazole rings is 1. The normalized spacial score (nSPS) is 22.5. The first-order valence-corrected chi connectivity index (χ1v) is 7.26. The lowest BCUT2D eigenvalue weighted by Crippen LogP contribution is -2.15. The van der Waals surface area contributed by atoms with E-state index in [1.807, 2.05) is 12.5 Å². The summed E-state index contributed by atoms with van der Waals surface area (Å²) >= 11 is 0. The van der Waals surface area contributed by atoms with E-state index in [0.717, 1.165) is 13.0 Å². The third kappa shape index (κ3) is 2.00. The highest BCUT2D eigenvalue weighted by Crippen LogP contribution is 2.36. The van der Waals surface area contributed by atoms with E-state index in [4.69, 9.17) is 5.73 Å². The van der Waals surface area contributed by atoms with Crippen LogP contribution in [-0.4, -0.2) is 14.1 Å². The molecule has 1 saturated carbocycles. The molecule has 2 heterocycles. The van der Waals surface area contributed by atoms with E-state index in [2.05, 4.69) is 26.5 Å². The topological polar surface area (TPSA) is 48.8 Å². The van der Waals surface area contributed by atoms with Gasteiger partial charge in [-0.15, -0.1) is 0 Å². The minimum absolute atomic E-state index is 0.235. The molecule has 4 nitrogen and oxygen atoms in total. The highest BCUT2D eigenvalue weighted by molar-refractivity contribution is 5.30. The van der Waals surface area contributed by atoms with Gasteiger partial charge in [-0.3, -0.25) is 0 Å². The number of hydrogen-bond donors (Lipinski definition) is 1. The molecule has 0 saturated heterocycles. The van der Waals surface area contributed by atoms with Crippen LogP contribution in [0.2, 0.25) is 0 Å². The summed E-state index contributed by atoms with van der Waals surface area (Å²) < 4.78 is 4.62. The van der Waals surface area contributed by atoms with Gasteiger partial charge in [0.2, 0.25) is 0 Å². The van der Waals surface area contributed by atoms with Crippen molar-refractivity contribution in [3.8, 4) is 0 Å². The standard InChI is InChI=1S/C15H20N4/c16-15-3-1-2-11-7-18(9-14(11)15)8-13-6-17-10-19(13)12-4-5-12/h6-7,9-10,12,15H,1-5,8,16H2. The summed E-state index contributed by atoms with van der Waals surface area (Å²) in [5.74, 6) is 0. The van der Waals surface area contributed by atoms with Crippen molar-refractivity contribution >= 4 is 0 Å². The molecular weight excluding hydrogens is 236 g/mol. The van der Waals surface area contributed by atoms with E-state index < -0.39 is 0 Å². The molecule has 0 bridgehead atoms. The molecule has 1 unspecified atom stereocenters. The van der Waals surface area contributed by atoms with Gasteiger partial charge < -0.3 is 14.9 Å². The van der Waals surface area contributed by atoms with Crippen molar-refractivity contribution in [3.63, 3.8) is 0 Å². The molecule has 2 aromatic heterocycles. The Morgan fingerprint density at radius 2 is 2.16 bits per heavy atom. The number of aryl methyl sites for hydroxylation is 1. The monoisotopic (exact) mass is 256 g/mol. The number of hydrogen-bond acceptors (Lipinski definition) is 2. The smallest absolute Gasteiger partial charge is 0.0951 e. The second-order valence-corrected chi connectivity index (χ2v) is 5.93. The predicted molar refractivity (Wildman–Crippen MR) is 73.9 cm³/mol. The number of nitrogens with zero attached hydrogens (tertiary/aromatic N) is 3. The van der Waals surface area contributed by atoms with Gasteiger partial charge in [0.05, 0.1) is 18.6 Å². The fourth-order valence-corrected chi connectivity index (χ4v) is 3.20. The fraction of sp³-hybridized carbons (Fsp3) is 0.533. The second-order valence-electron chi connectivity index (χ2n) is 5.93. The lowest BCUT2D eigenvalue weighted by Gasteiger charge is -2.17. The van der Waals surface area contributed by atoms with E-state index in [1.165, 1.54) is 42.5 Å². The summed E-state index contributed by atoms with van der Waals surface area (Å²) in [5.41, 5.74) is 10.3. The fourth-order valence-electron chi connectivity index (χ4n) is 3.20. The van der Waals surface area contributed by atoms with Crippen LogP contribution < -0.4 is 5.73 Å². The lowest BCUT2D eigenvalue weighted by molar-refractivity contribution is 0.573. The molecule has 0 aliphatic heterocycles. The summed E-state index contributed by atoms with van der Waals surface area (Å²) in [6, 6.07) is 0.934. The zero-order valence-corrected chi connectivity index (χ0v) is 11.1. The third-order valence-corrected chi connectivity index (χ3v) is 4.39. The van der Waals surface area contributed by atoms with Crippen molar-refractivity contribution in [1.82, 2.24) is 14.1 Å². The van der Waals surface area contributed by atoms with E-state index in [0.29, 0.717) is 6.04 Å². The van der Waals surface area contributed by atoms with Crippen LogP contribution in [0.25, 0.3) is 0 Å². The van der Waals surface area contributed by atoms with Gasteiger partial charge >= 0.3 is 0 Å². The van der Waals surface area contributed by atoms with Gasteiger partial charge in [-0.2, -0.15) is 0 Å². The van der Waals surface area contributed by atoms with Crippen molar-refractivity contribution in [1.29, 1.82) is 0 Å². The van der Waals surface area contributed by atoms with Crippen molar-refractivity contribution in [2.24, 2.45) is 5.73 Å². The molecule has 1 fully saturated rings. The van der Waals surface area contributed by atoms with Crippen molar-refractivity contribution < 1.29 is 0 Å². The van der Waals surface area contributed by atoms with Crippen LogP contribution in [0.4, 0.5) is 0 Å². The molecular formula is C15H20N4. The van der Waals surface area contributed by atoms with Crippen molar-refractivity contribution in [3.05, 3.63) is 41.7 Å². The summed E-state index contributed by atoms with van der Waals surface area (Å²) in [4.78, 5) is 4.30. The minimum atomic E-state index is 0.235. The highest BCUT2D eigenvalue weighted by atomic mass is 15.1. The Balaban J connectivity index is 1.61. The molecule has 0 radical (unpaired) electrons. The van der Waals surface area contributed by atoms with Gasteiger partial charge in [0, 0.05) is 30.7 Å². The molecule has 4 rings (SSSR count). The third-order valence-electron chi connectivity index (χ3n) is 4.39. The SMILES string of the molecule is NC1CCCc2cn(Cc3cncn3C3CC3)cc21. The Labute approximate surface area is 113 Å². The van der Waals surface area contributed by atoms with Crippen LogP contribution in [0.3, 0.4) is 0 Å². The Hall–Kier alpha value is -1.55. The van der Waals surface area contributed by atoms with E-state index in [-0.39, 0.29) is 6.04 Å². The van der Waals surface area contributed by atoms with Crippen LogP contribution in [-0.2, 0) is 13.0 Å². The first-order chi connectivity index (χ1) is 9.31. The first-order valence-electron chi connectivity index (χ1n) is 7.26. The lowest BCUT2D eigenvalue weighted by atomic mass is 9.92. The molecule has 0 spiro atoms. The van der Waals surface area contributed by atoms with E-state index in [1.54, 1.807) is 0 Å². The predicted octanol–water partition coefficient (Wildman–Crippen LogP) is 2.40. The Kier molecular flexibility index (Phi) is 2.52. The number of aromatic nitrogens is 3. The van der Waals surface area contributed by atoms with Crippen LogP contribution in [0.5, 0.6) is 0 Å². The van der Waals surface area contributed by atoms with Gasteiger partial charge in [-0.05, 0) is 43.2 Å². The zero-order chi connectivity index (χ0) is 12.8. The Morgan fingerprint density at radius 1 is 1.26 bits per heavy atom. The summed E-state index contributed by atoms with van der Waals surface area (Å²) in [5, 5.41) is 0. The number of rotatable bonds is 3. The summed E-state index contributed by atoms with van der Waals surface area (Å²) in [7, 11) is 0. The largest absolute Gasteiger partial charge is 0.348 e. The van der Waals surface area contributed by atoms with Crippen LogP contribution in [0.1, 0.15) is 54.6 Å². The van der Waals surface area contributed by atoms with Crippen LogP contribution in [0.15, 0.2) is 24.9 Å². The maximum absolute atomic E-state index is 6.19. The molecule has 2 aliphatic rings. The van der Waals surface area contributed by atoms with Gasteiger partial charge in [0.25, 0.3) is 0 Å². The van der Waals surface area contributed by atoms with Gasteiger partial charge in [0.1, 0.15) is 0 Å². The Bertz CT molecular complexity index is 591. The molecule has 0 amide bonds. The molecule has 100 valence electrons. The molecule has 1 atom stereocenters. The molecule has 2 N–H and O–H groups in total. The quantitative estimate of drug-likeness (QED) is 0.916. The number of fused-ring (bicyclic) bond motifs is 1. The van der Waals surface area contributed by atoms with Gasteiger partial charge in [0.15, 0.2) is 0 Å². The molecule has 2 aromatic rings. The molecule has 2 aliphatic carbocycles. The second kappa shape index (κ2) is 4.23. The maximum atomic E-state index is 6.19. The zero-order valence-electron chi connectivity index (χ0n) is 11.1. The molecule has 0 aromatic carbocycles. The average molecular weight is 256 g/mol. The highest BCUT2D eigenvalue weighted by Gasteiger charge is 2.25. The van der Waals surface area contributed by atoms with Gasteiger partial charge in [-0.1, -0.05) is 0 Å². The Morgan fingerprint density at radius 3 is 2.95 bits per heavy atom. The van der Waals surface area contributed by atoms with Gasteiger partial charge in [-0.25, -0.2) is 4.98 Å². The molecule has 4 heteroatoms. The molecule has 19 heavy (non-hydrogen) atoms. The van der Waals surface area contributed by atoms with E-state index in [9.17, 15) is 0 Å². The maximum Gasteiger partial charge on any atom is 0.0951 e. The first kappa shape index (κ1) is 11.3. The minimum Gasteiger partial charge on any atom is -0.348 e. The van der Waals surface area contributed by atoms with Crippen molar-refractivity contribution in [2.45, 2.75) is 50.7 Å². The van der Waals surface area contributed by atoms with Crippen molar-refractivity contribution in [2.75, 3.05) is 0 Å². The summed E-state index contributed by atoms with van der Waals surface area (Å²) in [6.45, 7) is 0.913. The van der Waals surface area contributed by atoms with E-state index >= 15 is 0 Å². The summed E-state index contributed by atoms with van der Waals surface area (Å²) in [6.07, 6.45) is 14.6. The van der Waals surface area contributed by atoms with Crippen LogP contribution >= 0.6 is 0 Å².